The van der Waals surface area contributed by atoms with Crippen LogP contribution in [0.5, 0.6) is 23.0 Å². The predicted molar refractivity (Wildman–Crippen MR) is 110 cm³/mol. The second kappa shape index (κ2) is 8.65. The fourth-order valence-corrected chi connectivity index (χ4v) is 3.43. The Hall–Kier alpha value is -3.21. The third-order valence-corrected chi connectivity index (χ3v) is 4.85. The summed E-state index contributed by atoms with van der Waals surface area (Å²) < 4.78 is 22.4. The Morgan fingerprint density at radius 3 is 1.68 bits per heavy atom. The summed E-state index contributed by atoms with van der Waals surface area (Å²) in [5.41, 5.74) is 5.43. The molecular formula is C23H25NO4. The van der Waals surface area contributed by atoms with Crippen LogP contribution >= 0.6 is 0 Å². The van der Waals surface area contributed by atoms with Gasteiger partial charge in [-0.05, 0) is 35.7 Å². The molecule has 0 aliphatic rings. The molecule has 146 valence electrons. The number of hydrogen-bond acceptors (Lipinski definition) is 5. The zero-order valence-corrected chi connectivity index (χ0v) is 16.9. The Labute approximate surface area is 165 Å². The minimum atomic E-state index is 0.538. The van der Waals surface area contributed by atoms with Crippen LogP contribution in [0.1, 0.15) is 16.7 Å². The molecule has 0 N–H and O–H groups in total. The van der Waals surface area contributed by atoms with E-state index in [9.17, 15) is 0 Å². The van der Waals surface area contributed by atoms with Crippen molar-refractivity contribution in [1.29, 1.82) is 0 Å². The van der Waals surface area contributed by atoms with Crippen molar-refractivity contribution in [2.24, 2.45) is 0 Å². The van der Waals surface area contributed by atoms with Gasteiger partial charge in [-0.25, -0.2) is 0 Å². The van der Waals surface area contributed by atoms with E-state index < -0.39 is 0 Å². The zero-order chi connectivity index (χ0) is 20.1. The van der Waals surface area contributed by atoms with E-state index in [-0.39, 0.29) is 0 Å². The van der Waals surface area contributed by atoms with Crippen LogP contribution in [-0.4, -0.2) is 33.4 Å². The molecule has 0 saturated carbocycles. The van der Waals surface area contributed by atoms with Crippen LogP contribution in [0, 0.1) is 6.92 Å². The third-order valence-electron chi connectivity index (χ3n) is 4.85. The SMILES string of the molecule is COc1c(C)c(Cc2ccc(-c3ccncc3)cc2)c(OC)c(OC)c1OC. The van der Waals surface area contributed by atoms with Crippen LogP contribution in [0.4, 0.5) is 0 Å². The molecule has 0 fully saturated rings. The molecule has 5 nitrogen and oxygen atoms in total. The molecule has 0 spiro atoms. The Morgan fingerprint density at radius 1 is 0.643 bits per heavy atom. The van der Waals surface area contributed by atoms with E-state index in [0.29, 0.717) is 29.4 Å². The topological polar surface area (TPSA) is 49.8 Å². The quantitative estimate of drug-likeness (QED) is 0.596. The van der Waals surface area contributed by atoms with E-state index in [2.05, 4.69) is 29.2 Å². The van der Waals surface area contributed by atoms with Crippen LogP contribution in [0.2, 0.25) is 0 Å². The van der Waals surface area contributed by atoms with Crippen molar-refractivity contribution in [3.63, 3.8) is 0 Å². The summed E-state index contributed by atoms with van der Waals surface area (Å²) in [7, 11) is 6.46. The fraction of sp³-hybridized carbons (Fsp3) is 0.261. The molecule has 0 unspecified atom stereocenters. The number of nitrogens with zero attached hydrogens (tertiary/aromatic N) is 1. The lowest BCUT2D eigenvalue weighted by Gasteiger charge is -2.21. The van der Waals surface area contributed by atoms with Gasteiger partial charge in [0.2, 0.25) is 11.5 Å². The van der Waals surface area contributed by atoms with Gasteiger partial charge in [-0.15, -0.1) is 0 Å². The maximum absolute atomic E-state index is 5.69. The van der Waals surface area contributed by atoms with E-state index in [1.54, 1.807) is 40.8 Å². The first-order valence-corrected chi connectivity index (χ1v) is 8.99. The Kier molecular flexibility index (Phi) is 6.04. The molecule has 28 heavy (non-hydrogen) atoms. The summed E-state index contributed by atoms with van der Waals surface area (Å²) in [5.74, 6) is 2.39. The van der Waals surface area contributed by atoms with Gasteiger partial charge in [0.25, 0.3) is 0 Å². The maximum Gasteiger partial charge on any atom is 0.207 e. The van der Waals surface area contributed by atoms with Gasteiger partial charge >= 0.3 is 0 Å². The summed E-state index contributed by atoms with van der Waals surface area (Å²) in [6.07, 6.45) is 4.28. The first kappa shape index (κ1) is 19.5. The molecule has 0 aliphatic heterocycles. The number of aromatic nitrogens is 1. The lowest BCUT2D eigenvalue weighted by atomic mass is 9.96. The molecule has 3 aromatic rings. The van der Waals surface area contributed by atoms with Crippen LogP contribution in [-0.2, 0) is 6.42 Å². The van der Waals surface area contributed by atoms with E-state index >= 15 is 0 Å². The van der Waals surface area contributed by atoms with E-state index in [1.165, 1.54) is 0 Å². The molecule has 3 rings (SSSR count). The van der Waals surface area contributed by atoms with Gasteiger partial charge in [0.1, 0.15) is 0 Å². The number of benzene rings is 2. The van der Waals surface area contributed by atoms with Crippen LogP contribution < -0.4 is 18.9 Å². The number of methoxy groups -OCH3 is 4. The molecule has 0 atom stereocenters. The molecule has 1 aromatic heterocycles. The standard InChI is InChI=1S/C23H25NO4/c1-15-19(21(26-3)23(28-5)22(27-4)20(15)25-2)14-16-6-8-17(9-7-16)18-10-12-24-13-11-18/h6-13H,14H2,1-5H3. The first-order chi connectivity index (χ1) is 13.6. The van der Waals surface area contributed by atoms with Gasteiger partial charge < -0.3 is 18.9 Å². The van der Waals surface area contributed by atoms with Gasteiger partial charge in [0, 0.05) is 29.9 Å². The van der Waals surface area contributed by atoms with E-state index in [1.807, 2.05) is 19.1 Å². The Morgan fingerprint density at radius 2 is 1.14 bits per heavy atom. The number of pyridine rings is 1. The summed E-state index contributed by atoms with van der Waals surface area (Å²) in [5, 5.41) is 0. The number of ether oxygens (including phenoxy) is 4. The molecule has 0 aliphatic carbocycles. The van der Waals surface area contributed by atoms with Gasteiger partial charge in [0.15, 0.2) is 11.5 Å². The van der Waals surface area contributed by atoms with Crippen LogP contribution in [0.3, 0.4) is 0 Å². The molecule has 0 amide bonds. The smallest absolute Gasteiger partial charge is 0.207 e. The second-order valence-electron chi connectivity index (χ2n) is 6.35. The summed E-state index contributed by atoms with van der Waals surface area (Å²) in [6.45, 7) is 2.00. The molecule has 1 heterocycles. The second-order valence-corrected chi connectivity index (χ2v) is 6.35. The zero-order valence-electron chi connectivity index (χ0n) is 16.9. The van der Waals surface area contributed by atoms with Crippen molar-refractivity contribution in [2.45, 2.75) is 13.3 Å². The number of hydrogen-bond donors (Lipinski definition) is 0. The average Bonchev–Trinajstić information content (AvgIpc) is 2.75. The predicted octanol–water partition coefficient (Wildman–Crippen LogP) is 4.68. The molecule has 0 radical (unpaired) electrons. The highest BCUT2D eigenvalue weighted by Crippen LogP contribution is 2.49. The van der Waals surface area contributed by atoms with Crippen molar-refractivity contribution in [1.82, 2.24) is 4.98 Å². The lowest BCUT2D eigenvalue weighted by Crippen LogP contribution is -2.05. The van der Waals surface area contributed by atoms with Crippen molar-refractivity contribution in [3.05, 3.63) is 65.5 Å². The summed E-state index contributed by atoms with van der Waals surface area (Å²) in [6, 6.07) is 12.5. The van der Waals surface area contributed by atoms with E-state index in [4.69, 9.17) is 18.9 Å². The van der Waals surface area contributed by atoms with Gasteiger partial charge in [-0.1, -0.05) is 24.3 Å². The Balaban J connectivity index is 2.02. The lowest BCUT2D eigenvalue weighted by molar-refractivity contribution is 0.302. The molecule has 0 bridgehead atoms. The van der Waals surface area contributed by atoms with Gasteiger partial charge in [-0.3, -0.25) is 4.98 Å². The molecular weight excluding hydrogens is 354 g/mol. The molecule has 5 heteroatoms. The van der Waals surface area contributed by atoms with Crippen LogP contribution in [0.25, 0.3) is 11.1 Å². The average molecular weight is 379 g/mol. The highest BCUT2D eigenvalue weighted by Gasteiger charge is 2.25. The highest BCUT2D eigenvalue weighted by atomic mass is 16.5. The minimum absolute atomic E-state index is 0.538. The summed E-state index contributed by atoms with van der Waals surface area (Å²) >= 11 is 0. The van der Waals surface area contributed by atoms with E-state index in [0.717, 1.165) is 27.8 Å². The van der Waals surface area contributed by atoms with Crippen molar-refractivity contribution < 1.29 is 18.9 Å². The van der Waals surface area contributed by atoms with Gasteiger partial charge in [0.05, 0.1) is 28.4 Å². The first-order valence-electron chi connectivity index (χ1n) is 8.99. The minimum Gasteiger partial charge on any atom is -0.492 e. The molecule has 0 saturated heterocycles. The largest absolute Gasteiger partial charge is 0.492 e. The van der Waals surface area contributed by atoms with Crippen LogP contribution in [0.15, 0.2) is 48.8 Å². The Bertz CT molecular complexity index is 937. The summed E-state index contributed by atoms with van der Waals surface area (Å²) in [4.78, 5) is 4.07. The highest BCUT2D eigenvalue weighted by molar-refractivity contribution is 5.68. The maximum atomic E-state index is 5.69. The fourth-order valence-electron chi connectivity index (χ4n) is 3.43. The molecule has 2 aromatic carbocycles. The third kappa shape index (κ3) is 3.60. The normalized spacial score (nSPS) is 10.5. The number of rotatable bonds is 7. The van der Waals surface area contributed by atoms with Crippen molar-refractivity contribution >= 4 is 0 Å². The van der Waals surface area contributed by atoms with Gasteiger partial charge in [-0.2, -0.15) is 0 Å². The van der Waals surface area contributed by atoms with Crippen molar-refractivity contribution in [3.8, 4) is 34.1 Å². The van der Waals surface area contributed by atoms with Crippen molar-refractivity contribution in [2.75, 3.05) is 28.4 Å². The monoisotopic (exact) mass is 379 g/mol.